The van der Waals surface area contributed by atoms with E-state index in [1.165, 1.54) is 5.56 Å². The molecule has 3 heteroatoms. The molecule has 0 atom stereocenters. The third kappa shape index (κ3) is 1.87. The van der Waals surface area contributed by atoms with Gasteiger partial charge in [-0.25, -0.2) is 4.98 Å². The highest BCUT2D eigenvalue weighted by atomic mass is 14.8. The molecule has 0 aliphatic carbocycles. The van der Waals surface area contributed by atoms with Crippen LogP contribution in [0.15, 0.2) is 48.8 Å². The smallest absolute Gasteiger partial charge is 0.0875 e. The molecule has 0 saturated heterocycles. The van der Waals surface area contributed by atoms with Crippen molar-refractivity contribution in [2.24, 2.45) is 0 Å². The number of pyridine rings is 1. The van der Waals surface area contributed by atoms with Crippen LogP contribution in [0.1, 0.15) is 5.56 Å². The van der Waals surface area contributed by atoms with Gasteiger partial charge in [0.25, 0.3) is 0 Å². The Labute approximate surface area is 99.5 Å². The third-order valence-electron chi connectivity index (χ3n) is 2.72. The van der Waals surface area contributed by atoms with Crippen LogP contribution in [0.4, 0.5) is 0 Å². The van der Waals surface area contributed by atoms with Gasteiger partial charge in [0.05, 0.1) is 22.8 Å². The Bertz CT molecular complexity index is 554. The van der Waals surface area contributed by atoms with Gasteiger partial charge in [0.1, 0.15) is 0 Å². The number of hydrogen-bond donors (Lipinski definition) is 2. The molecule has 3 aromatic heterocycles. The van der Waals surface area contributed by atoms with Crippen LogP contribution in [0, 0.1) is 6.92 Å². The second-order valence-corrected chi connectivity index (χ2v) is 4.08. The van der Waals surface area contributed by atoms with Gasteiger partial charge in [-0.2, -0.15) is 0 Å². The van der Waals surface area contributed by atoms with Gasteiger partial charge >= 0.3 is 0 Å². The maximum Gasteiger partial charge on any atom is 0.0875 e. The molecule has 3 rings (SSSR count). The zero-order valence-electron chi connectivity index (χ0n) is 9.57. The van der Waals surface area contributed by atoms with E-state index in [1.807, 2.05) is 36.7 Å². The second-order valence-electron chi connectivity index (χ2n) is 4.08. The monoisotopic (exact) mass is 223 g/mol. The van der Waals surface area contributed by atoms with E-state index in [9.17, 15) is 0 Å². The van der Waals surface area contributed by atoms with E-state index in [1.54, 1.807) is 0 Å². The molecular weight excluding hydrogens is 210 g/mol. The third-order valence-corrected chi connectivity index (χ3v) is 2.72. The van der Waals surface area contributed by atoms with Crippen molar-refractivity contribution in [2.75, 3.05) is 0 Å². The van der Waals surface area contributed by atoms with Gasteiger partial charge < -0.3 is 9.97 Å². The minimum Gasteiger partial charge on any atom is -0.360 e. The molecule has 0 fully saturated rings. The number of rotatable bonds is 2. The van der Waals surface area contributed by atoms with Crippen molar-refractivity contribution in [3.63, 3.8) is 0 Å². The summed E-state index contributed by atoms with van der Waals surface area (Å²) < 4.78 is 0. The summed E-state index contributed by atoms with van der Waals surface area (Å²) in [4.78, 5) is 11.0. The fourth-order valence-corrected chi connectivity index (χ4v) is 1.92. The van der Waals surface area contributed by atoms with Crippen LogP contribution in [0.2, 0.25) is 0 Å². The first-order valence-electron chi connectivity index (χ1n) is 5.59. The summed E-state index contributed by atoms with van der Waals surface area (Å²) >= 11 is 0. The van der Waals surface area contributed by atoms with E-state index < -0.39 is 0 Å². The lowest BCUT2D eigenvalue weighted by Gasteiger charge is -2.04. The Balaban J connectivity index is 2.13. The molecule has 17 heavy (non-hydrogen) atoms. The minimum atomic E-state index is 0.972. The predicted octanol–water partition coefficient (Wildman–Crippen LogP) is 3.38. The van der Waals surface area contributed by atoms with Crippen LogP contribution in [-0.4, -0.2) is 15.0 Å². The molecule has 0 unspecified atom stereocenters. The summed E-state index contributed by atoms with van der Waals surface area (Å²) in [6.07, 6.45) is 3.82. The molecule has 0 saturated carbocycles. The summed E-state index contributed by atoms with van der Waals surface area (Å²) in [5.74, 6) is 0. The van der Waals surface area contributed by atoms with Crippen molar-refractivity contribution in [1.82, 2.24) is 15.0 Å². The van der Waals surface area contributed by atoms with Gasteiger partial charge in [0.2, 0.25) is 0 Å². The first-order chi connectivity index (χ1) is 8.33. The second kappa shape index (κ2) is 3.94. The number of aromatic nitrogens is 3. The predicted molar refractivity (Wildman–Crippen MR) is 68.5 cm³/mol. The molecular formula is C14H13N3. The Morgan fingerprint density at radius 1 is 0.882 bits per heavy atom. The molecule has 0 aliphatic heterocycles. The van der Waals surface area contributed by atoms with Crippen molar-refractivity contribution in [1.29, 1.82) is 0 Å². The van der Waals surface area contributed by atoms with E-state index in [0.29, 0.717) is 0 Å². The largest absolute Gasteiger partial charge is 0.360 e. The molecule has 3 aromatic rings. The van der Waals surface area contributed by atoms with Crippen LogP contribution in [0.25, 0.3) is 22.8 Å². The van der Waals surface area contributed by atoms with Crippen molar-refractivity contribution >= 4 is 0 Å². The molecule has 0 bridgehead atoms. The van der Waals surface area contributed by atoms with E-state index in [-0.39, 0.29) is 0 Å². The van der Waals surface area contributed by atoms with E-state index in [2.05, 4.69) is 34.0 Å². The lowest BCUT2D eigenvalue weighted by Crippen LogP contribution is -1.90. The van der Waals surface area contributed by atoms with E-state index in [0.717, 1.165) is 22.8 Å². The minimum absolute atomic E-state index is 0.972. The molecule has 0 aromatic carbocycles. The number of H-pyrrole nitrogens is 2. The highest BCUT2D eigenvalue weighted by Crippen LogP contribution is 2.22. The average Bonchev–Trinajstić information content (AvgIpc) is 3.02. The summed E-state index contributed by atoms with van der Waals surface area (Å²) in [5, 5.41) is 0. The van der Waals surface area contributed by atoms with Gasteiger partial charge in [0, 0.05) is 12.4 Å². The van der Waals surface area contributed by atoms with Gasteiger partial charge in [-0.1, -0.05) is 0 Å². The van der Waals surface area contributed by atoms with E-state index in [4.69, 9.17) is 0 Å². The van der Waals surface area contributed by atoms with Gasteiger partial charge in [-0.15, -0.1) is 0 Å². The summed E-state index contributed by atoms with van der Waals surface area (Å²) in [5.41, 5.74) is 5.23. The van der Waals surface area contributed by atoms with Crippen LogP contribution in [-0.2, 0) is 0 Å². The molecule has 2 N–H and O–H groups in total. The summed E-state index contributed by atoms with van der Waals surface area (Å²) in [7, 11) is 0. The maximum absolute atomic E-state index is 4.66. The Kier molecular flexibility index (Phi) is 2.29. The number of nitrogens with one attached hydrogen (secondary N) is 2. The van der Waals surface area contributed by atoms with Crippen LogP contribution >= 0.6 is 0 Å². The number of aromatic amines is 2. The normalized spacial score (nSPS) is 10.6. The average molecular weight is 223 g/mol. The zero-order valence-corrected chi connectivity index (χ0v) is 9.57. The van der Waals surface area contributed by atoms with Crippen LogP contribution in [0.3, 0.4) is 0 Å². The Hall–Kier alpha value is -2.29. The first kappa shape index (κ1) is 9.90. The summed E-state index contributed by atoms with van der Waals surface area (Å²) in [6, 6.07) is 12.2. The quantitative estimate of drug-likeness (QED) is 0.687. The SMILES string of the molecule is Cc1cc(-c2ccc[nH]2)nc(-c2ccc[nH]2)c1. The first-order valence-corrected chi connectivity index (χ1v) is 5.59. The number of nitrogens with zero attached hydrogens (tertiary/aromatic N) is 1. The van der Waals surface area contributed by atoms with Crippen LogP contribution < -0.4 is 0 Å². The molecule has 0 radical (unpaired) electrons. The maximum atomic E-state index is 4.66. The molecule has 0 amide bonds. The summed E-state index contributed by atoms with van der Waals surface area (Å²) in [6.45, 7) is 2.08. The number of aryl methyl sites for hydroxylation is 1. The van der Waals surface area contributed by atoms with Crippen molar-refractivity contribution in [3.05, 3.63) is 54.4 Å². The standard InChI is InChI=1S/C14H13N3/c1-10-8-13(11-4-2-6-15-11)17-14(9-10)12-5-3-7-16-12/h2-9,15-16H,1H3. The molecule has 84 valence electrons. The zero-order chi connectivity index (χ0) is 11.7. The molecule has 0 spiro atoms. The Morgan fingerprint density at radius 3 is 1.82 bits per heavy atom. The van der Waals surface area contributed by atoms with Crippen molar-refractivity contribution < 1.29 is 0 Å². The number of hydrogen-bond acceptors (Lipinski definition) is 1. The molecule has 0 aliphatic rings. The fourth-order valence-electron chi connectivity index (χ4n) is 1.92. The van der Waals surface area contributed by atoms with Gasteiger partial charge in [-0.3, -0.25) is 0 Å². The van der Waals surface area contributed by atoms with E-state index >= 15 is 0 Å². The van der Waals surface area contributed by atoms with Gasteiger partial charge in [-0.05, 0) is 48.9 Å². The van der Waals surface area contributed by atoms with Crippen molar-refractivity contribution in [2.45, 2.75) is 6.92 Å². The topological polar surface area (TPSA) is 44.5 Å². The Morgan fingerprint density at radius 2 is 1.41 bits per heavy atom. The molecule has 3 heterocycles. The van der Waals surface area contributed by atoms with Crippen molar-refractivity contribution in [3.8, 4) is 22.8 Å². The lowest BCUT2D eigenvalue weighted by atomic mass is 10.1. The molecule has 3 nitrogen and oxygen atoms in total. The lowest BCUT2D eigenvalue weighted by molar-refractivity contribution is 1.23. The fraction of sp³-hybridized carbons (Fsp3) is 0.0714. The van der Waals surface area contributed by atoms with Gasteiger partial charge in [0.15, 0.2) is 0 Å². The van der Waals surface area contributed by atoms with Crippen LogP contribution in [0.5, 0.6) is 0 Å². The highest BCUT2D eigenvalue weighted by Gasteiger charge is 2.05. The highest BCUT2D eigenvalue weighted by molar-refractivity contribution is 5.63.